The van der Waals surface area contributed by atoms with Gasteiger partial charge < -0.3 is 9.84 Å². The molecule has 3 nitrogen and oxygen atoms in total. The van der Waals surface area contributed by atoms with E-state index in [2.05, 4.69) is 6.58 Å². The van der Waals surface area contributed by atoms with E-state index >= 15 is 0 Å². The maximum absolute atomic E-state index is 11.1. The fourth-order valence-corrected chi connectivity index (χ4v) is 1.23. The molecule has 1 unspecified atom stereocenters. The summed E-state index contributed by atoms with van der Waals surface area (Å²) in [5.41, 5.74) is 1.20. The molecule has 3 heteroatoms. The summed E-state index contributed by atoms with van der Waals surface area (Å²) in [5, 5.41) is 9.76. The Morgan fingerprint density at radius 3 is 2.62 bits per heavy atom. The van der Waals surface area contributed by atoms with Crippen LogP contribution >= 0.6 is 0 Å². The van der Waals surface area contributed by atoms with Gasteiger partial charge in [-0.25, -0.2) is 4.79 Å². The Morgan fingerprint density at radius 1 is 1.44 bits per heavy atom. The number of rotatable bonds is 5. The van der Waals surface area contributed by atoms with Gasteiger partial charge in [0.2, 0.25) is 0 Å². The third kappa shape index (κ3) is 3.87. The van der Waals surface area contributed by atoms with Crippen LogP contribution in [0.15, 0.2) is 42.5 Å². The smallest absolute Gasteiger partial charge is 0.333 e. The fraction of sp³-hybridized carbons (Fsp3) is 0.308. The summed E-state index contributed by atoms with van der Waals surface area (Å²) in [5.74, 6) is -0.416. The van der Waals surface area contributed by atoms with E-state index in [1.807, 2.05) is 30.3 Å². The van der Waals surface area contributed by atoms with Crippen molar-refractivity contribution < 1.29 is 14.6 Å². The molecular weight excluding hydrogens is 204 g/mol. The molecule has 1 rings (SSSR count). The Hall–Kier alpha value is -1.61. The lowest BCUT2D eigenvalue weighted by molar-refractivity contribution is -0.139. The first kappa shape index (κ1) is 12.5. The van der Waals surface area contributed by atoms with Crippen LogP contribution < -0.4 is 0 Å². The number of benzene rings is 1. The zero-order valence-corrected chi connectivity index (χ0v) is 9.35. The average molecular weight is 220 g/mol. The second kappa shape index (κ2) is 6.08. The molecule has 0 saturated heterocycles. The van der Waals surface area contributed by atoms with Crippen LogP contribution in [-0.4, -0.2) is 17.7 Å². The van der Waals surface area contributed by atoms with Crippen molar-refractivity contribution >= 4 is 5.97 Å². The quantitative estimate of drug-likeness (QED) is 0.611. The number of hydrogen-bond donors (Lipinski definition) is 1. The molecule has 86 valence electrons. The first-order valence-corrected chi connectivity index (χ1v) is 5.17. The molecule has 1 aromatic rings. The molecule has 0 amide bonds. The van der Waals surface area contributed by atoms with Crippen molar-refractivity contribution in [3.8, 4) is 0 Å². The first-order valence-electron chi connectivity index (χ1n) is 5.17. The molecule has 16 heavy (non-hydrogen) atoms. The summed E-state index contributed by atoms with van der Waals surface area (Å²) in [6.45, 7) is 5.26. The number of carbonyl (C=O) groups is 1. The number of carbonyl (C=O) groups excluding carboxylic acids is 1. The summed E-state index contributed by atoms with van der Waals surface area (Å²) < 4.78 is 4.90. The second-order valence-electron chi connectivity index (χ2n) is 3.63. The number of ether oxygens (including phenoxy) is 1. The van der Waals surface area contributed by atoms with Gasteiger partial charge in [0, 0.05) is 12.0 Å². The van der Waals surface area contributed by atoms with Crippen molar-refractivity contribution in [2.45, 2.75) is 19.4 Å². The van der Waals surface area contributed by atoms with Gasteiger partial charge in [-0.15, -0.1) is 0 Å². The number of aliphatic hydroxyl groups excluding tert-OH is 1. The Balaban J connectivity index is 2.34. The highest BCUT2D eigenvalue weighted by Gasteiger charge is 2.08. The SMILES string of the molecule is C=C(C)C(=O)OCCC(O)c1ccccc1. The van der Waals surface area contributed by atoms with Crippen LogP contribution in [0.25, 0.3) is 0 Å². The van der Waals surface area contributed by atoms with Crippen LogP contribution in [0.2, 0.25) is 0 Å². The lowest BCUT2D eigenvalue weighted by Crippen LogP contribution is -2.09. The molecule has 1 aromatic carbocycles. The summed E-state index contributed by atoms with van der Waals surface area (Å²) in [7, 11) is 0. The summed E-state index contributed by atoms with van der Waals surface area (Å²) in [6.07, 6.45) is -0.206. The van der Waals surface area contributed by atoms with E-state index < -0.39 is 12.1 Å². The standard InChI is InChI=1S/C13H16O3/c1-10(2)13(15)16-9-8-12(14)11-6-4-3-5-7-11/h3-7,12,14H,1,8-9H2,2H3. The molecule has 0 bridgehead atoms. The molecule has 0 aliphatic rings. The first-order chi connectivity index (χ1) is 7.61. The molecule has 0 aliphatic heterocycles. The van der Waals surface area contributed by atoms with Gasteiger partial charge in [0.05, 0.1) is 12.7 Å². The predicted octanol–water partition coefficient (Wildman–Crippen LogP) is 2.23. The maximum atomic E-state index is 11.1. The molecule has 1 atom stereocenters. The van der Waals surface area contributed by atoms with Gasteiger partial charge in [-0.3, -0.25) is 0 Å². The third-order valence-corrected chi connectivity index (χ3v) is 2.16. The maximum Gasteiger partial charge on any atom is 0.333 e. The van der Waals surface area contributed by atoms with Gasteiger partial charge in [0.15, 0.2) is 0 Å². The highest BCUT2D eigenvalue weighted by molar-refractivity contribution is 5.86. The van der Waals surface area contributed by atoms with E-state index in [0.717, 1.165) is 5.56 Å². The Morgan fingerprint density at radius 2 is 2.06 bits per heavy atom. The minimum absolute atomic E-state index is 0.196. The van der Waals surface area contributed by atoms with Gasteiger partial charge in [0.25, 0.3) is 0 Å². The molecule has 0 fully saturated rings. The molecule has 0 aromatic heterocycles. The molecular formula is C13H16O3. The van der Waals surface area contributed by atoms with Crippen molar-refractivity contribution in [3.05, 3.63) is 48.0 Å². The van der Waals surface area contributed by atoms with Gasteiger partial charge in [-0.1, -0.05) is 36.9 Å². The predicted molar refractivity (Wildman–Crippen MR) is 61.8 cm³/mol. The topological polar surface area (TPSA) is 46.5 Å². The second-order valence-corrected chi connectivity index (χ2v) is 3.63. The van der Waals surface area contributed by atoms with Crippen LogP contribution in [0.1, 0.15) is 25.0 Å². The fourth-order valence-electron chi connectivity index (χ4n) is 1.23. The molecule has 0 aliphatic carbocycles. The average Bonchev–Trinajstić information content (AvgIpc) is 2.29. The highest BCUT2D eigenvalue weighted by Crippen LogP contribution is 2.15. The van der Waals surface area contributed by atoms with Crippen LogP contribution in [0.4, 0.5) is 0 Å². The van der Waals surface area contributed by atoms with Gasteiger partial charge in [-0.05, 0) is 12.5 Å². The summed E-state index contributed by atoms with van der Waals surface area (Å²) >= 11 is 0. The molecule has 0 radical (unpaired) electrons. The van der Waals surface area contributed by atoms with E-state index in [9.17, 15) is 9.90 Å². The van der Waals surface area contributed by atoms with Crippen molar-refractivity contribution in [2.24, 2.45) is 0 Å². The Labute approximate surface area is 95.4 Å². The minimum Gasteiger partial charge on any atom is -0.462 e. The van der Waals surface area contributed by atoms with Gasteiger partial charge >= 0.3 is 5.97 Å². The minimum atomic E-state index is -0.598. The van der Waals surface area contributed by atoms with Crippen molar-refractivity contribution in [1.82, 2.24) is 0 Å². The van der Waals surface area contributed by atoms with Crippen LogP contribution in [0.5, 0.6) is 0 Å². The Bertz CT molecular complexity index is 357. The molecule has 1 N–H and O–H groups in total. The largest absolute Gasteiger partial charge is 0.462 e. The van der Waals surface area contributed by atoms with E-state index in [0.29, 0.717) is 12.0 Å². The molecule has 0 saturated carbocycles. The van der Waals surface area contributed by atoms with Crippen LogP contribution in [0, 0.1) is 0 Å². The van der Waals surface area contributed by atoms with Crippen molar-refractivity contribution in [3.63, 3.8) is 0 Å². The summed E-state index contributed by atoms with van der Waals surface area (Å²) in [4.78, 5) is 11.1. The Kier molecular flexibility index (Phi) is 4.73. The van der Waals surface area contributed by atoms with Gasteiger partial charge in [0.1, 0.15) is 0 Å². The number of aliphatic hydroxyl groups is 1. The lowest BCUT2D eigenvalue weighted by atomic mass is 10.1. The zero-order chi connectivity index (χ0) is 12.0. The summed E-state index contributed by atoms with van der Waals surface area (Å²) in [6, 6.07) is 9.28. The van der Waals surface area contributed by atoms with E-state index in [1.54, 1.807) is 6.92 Å². The number of hydrogen-bond acceptors (Lipinski definition) is 3. The monoisotopic (exact) mass is 220 g/mol. The van der Waals surface area contributed by atoms with Crippen molar-refractivity contribution in [1.29, 1.82) is 0 Å². The lowest BCUT2D eigenvalue weighted by Gasteiger charge is -2.10. The molecule has 0 spiro atoms. The van der Waals surface area contributed by atoms with Crippen molar-refractivity contribution in [2.75, 3.05) is 6.61 Å². The van der Waals surface area contributed by atoms with E-state index in [-0.39, 0.29) is 6.61 Å². The molecule has 0 heterocycles. The van der Waals surface area contributed by atoms with E-state index in [1.165, 1.54) is 0 Å². The zero-order valence-electron chi connectivity index (χ0n) is 9.35. The number of esters is 1. The van der Waals surface area contributed by atoms with Crippen LogP contribution in [0.3, 0.4) is 0 Å². The highest BCUT2D eigenvalue weighted by atomic mass is 16.5. The van der Waals surface area contributed by atoms with E-state index in [4.69, 9.17) is 4.74 Å². The van der Waals surface area contributed by atoms with Gasteiger partial charge in [-0.2, -0.15) is 0 Å². The normalized spacial score (nSPS) is 11.9. The van der Waals surface area contributed by atoms with Crippen LogP contribution in [-0.2, 0) is 9.53 Å². The third-order valence-electron chi connectivity index (χ3n) is 2.16.